The summed E-state index contributed by atoms with van der Waals surface area (Å²) in [5, 5.41) is 5.96. The van der Waals surface area contributed by atoms with Gasteiger partial charge in [0, 0.05) is 41.5 Å². The number of nitrogens with two attached hydrogens (primary N) is 1. The second-order valence-corrected chi connectivity index (χ2v) is 7.71. The van der Waals surface area contributed by atoms with Gasteiger partial charge in [-0.15, -0.1) is 11.3 Å². The third kappa shape index (κ3) is 4.88. The summed E-state index contributed by atoms with van der Waals surface area (Å²) in [6, 6.07) is 6.61. The van der Waals surface area contributed by atoms with Gasteiger partial charge in [-0.1, -0.05) is 6.07 Å². The molecule has 3 aromatic rings. The highest BCUT2D eigenvalue weighted by molar-refractivity contribution is 7.16. The number of hydrogen-bond donors (Lipinski definition) is 3. The lowest BCUT2D eigenvalue weighted by atomic mass is 10.1. The van der Waals surface area contributed by atoms with Crippen LogP contribution in [-0.2, 0) is 11.3 Å². The van der Waals surface area contributed by atoms with E-state index in [9.17, 15) is 14.4 Å². The molecule has 0 radical (unpaired) electrons. The Kier molecular flexibility index (Phi) is 6.08. The number of aryl methyl sites for hydroxylation is 2. The number of aromatic nitrogens is 2. The third-order valence-corrected chi connectivity index (χ3v) is 5.55. The number of benzene rings is 1. The first-order valence-corrected chi connectivity index (χ1v) is 9.73. The summed E-state index contributed by atoms with van der Waals surface area (Å²) in [7, 11) is 0. The quantitative estimate of drug-likeness (QED) is 0.554. The van der Waals surface area contributed by atoms with Crippen LogP contribution in [0.1, 0.15) is 37.6 Å². The van der Waals surface area contributed by atoms with E-state index in [0.29, 0.717) is 28.4 Å². The highest BCUT2D eigenvalue weighted by Crippen LogP contribution is 2.32. The lowest BCUT2D eigenvalue weighted by Gasteiger charge is -2.09. The second kappa shape index (κ2) is 8.70. The fourth-order valence-corrected chi connectivity index (χ4v) is 3.86. The molecular weight excluding hydrogens is 390 g/mol. The van der Waals surface area contributed by atoms with Gasteiger partial charge in [0.1, 0.15) is 5.00 Å². The molecule has 2 heterocycles. The molecule has 0 fully saturated rings. The molecule has 0 aliphatic carbocycles. The van der Waals surface area contributed by atoms with Gasteiger partial charge in [-0.3, -0.25) is 14.4 Å². The number of hydrogen-bond acceptors (Lipinski definition) is 5. The van der Waals surface area contributed by atoms with E-state index in [-0.39, 0.29) is 18.2 Å². The highest BCUT2D eigenvalue weighted by Gasteiger charge is 2.19. The molecule has 29 heavy (non-hydrogen) atoms. The van der Waals surface area contributed by atoms with E-state index in [1.807, 2.05) is 11.5 Å². The highest BCUT2D eigenvalue weighted by atomic mass is 32.1. The van der Waals surface area contributed by atoms with Crippen LogP contribution in [0.15, 0.2) is 43.0 Å². The van der Waals surface area contributed by atoms with Crippen molar-refractivity contribution in [1.82, 2.24) is 9.55 Å². The van der Waals surface area contributed by atoms with E-state index in [1.165, 1.54) is 11.3 Å². The number of primary amides is 1. The first-order chi connectivity index (χ1) is 13.8. The predicted molar refractivity (Wildman–Crippen MR) is 112 cm³/mol. The number of amides is 3. The second-order valence-electron chi connectivity index (χ2n) is 6.49. The molecule has 0 spiro atoms. The summed E-state index contributed by atoms with van der Waals surface area (Å²) in [5.74, 6) is -1.14. The molecule has 1 aromatic carbocycles. The van der Waals surface area contributed by atoms with Crippen LogP contribution >= 0.6 is 11.3 Å². The minimum Gasteiger partial charge on any atom is -0.365 e. The van der Waals surface area contributed by atoms with Crippen molar-refractivity contribution >= 4 is 39.7 Å². The molecule has 0 unspecified atom stereocenters. The molecule has 150 valence electrons. The van der Waals surface area contributed by atoms with Crippen molar-refractivity contribution in [3.8, 4) is 0 Å². The van der Waals surface area contributed by atoms with E-state index in [4.69, 9.17) is 5.73 Å². The Labute approximate surface area is 171 Å². The molecule has 0 saturated carbocycles. The molecule has 2 aromatic heterocycles. The van der Waals surface area contributed by atoms with Gasteiger partial charge in [0.25, 0.3) is 11.8 Å². The van der Waals surface area contributed by atoms with Gasteiger partial charge in [-0.05, 0) is 37.6 Å². The van der Waals surface area contributed by atoms with Crippen LogP contribution in [-0.4, -0.2) is 27.3 Å². The maximum atomic E-state index is 12.6. The van der Waals surface area contributed by atoms with E-state index >= 15 is 0 Å². The lowest BCUT2D eigenvalue weighted by Crippen LogP contribution is -2.18. The zero-order valence-electron chi connectivity index (χ0n) is 16.1. The van der Waals surface area contributed by atoms with E-state index < -0.39 is 5.91 Å². The summed E-state index contributed by atoms with van der Waals surface area (Å²) in [5.41, 5.74) is 7.41. The first-order valence-electron chi connectivity index (χ1n) is 8.92. The molecule has 3 amide bonds. The van der Waals surface area contributed by atoms with Crippen molar-refractivity contribution in [3.05, 3.63) is 64.6 Å². The number of carbonyl (C=O) groups is 3. The normalized spacial score (nSPS) is 10.6. The Morgan fingerprint density at radius 2 is 2.00 bits per heavy atom. The lowest BCUT2D eigenvalue weighted by molar-refractivity contribution is -0.116. The van der Waals surface area contributed by atoms with Gasteiger partial charge < -0.3 is 20.9 Å². The molecule has 0 atom stereocenters. The predicted octanol–water partition coefficient (Wildman–Crippen LogP) is 2.94. The van der Waals surface area contributed by atoms with Crippen molar-refractivity contribution in [2.75, 3.05) is 10.6 Å². The first kappa shape index (κ1) is 20.3. The molecule has 0 bridgehead atoms. The summed E-state index contributed by atoms with van der Waals surface area (Å²) in [6.45, 7) is 4.17. The average Bonchev–Trinajstić information content (AvgIpc) is 3.28. The van der Waals surface area contributed by atoms with Gasteiger partial charge in [-0.25, -0.2) is 4.98 Å². The number of imidazole rings is 1. The third-order valence-electron chi connectivity index (χ3n) is 4.42. The Morgan fingerprint density at radius 1 is 1.21 bits per heavy atom. The number of anilines is 2. The molecule has 9 heteroatoms. The SMILES string of the molecule is Cc1sc(NC(=O)c2cccc(NC(=O)CCn3ccnc3)c2)c(C(N)=O)c1C. The maximum absolute atomic E-state index is 12.6. The Hall–Kier alpha value is -3.46. The van der Waals surface area contributed by atoms with Gasteiger partial charge in [0.15, 0.2) is 0 Å². The number of nitrogens with zero attached hydrogens (tertiary/aromatic N) is 2. The van der Waals surface area contributed by atoms with Crippen molar-refractivity contribution < 1.29 is 14.4 Å². The van der Waals surface area contributed by atoms with Crippen molar-refractivity contribution in [1.29, 1.82) is 0 Å². The van der Waals surface area contributed by atoms with E-state index in [1.54, 1.807) is 49.9 Å². The number of rotatable bonds is 7. The maximum Gasteiger partial charge on any atom is 0.256 e. The number of nitrogens with one attached hydrogen (secondary N) is 2. The van der Waals surface area contributed by atoms with E-state index in [0.717, 1.165) is 10.4 Å². The van der Waals surface area contributed by atoms with Crippen LogP contribution in [0.4, 0.5) is 10.7 Å². The van der Waals surface area contributed by atoms with Gasteiger partial charge in [0.05, 0.1) is 11.9 Å². The van der Waals surface area contributed by atoms with Crippen LogP contribution in [0.2, 0.25) is 0 Å². The minimum absolute atomic E-state index is 0.170. The van der Waals surface area contributed by atoms with E-state index in [2.05, 4.69) is 15.6 Å². The number of carbonyl (C=O) groups excluding carboxylic acids is 3. The fraction of sp³-hybridized carbons (Fsp3) is 0.200. The Bertz CT molecular complexity index is 1060. The molecule has 3 rings (SSSR count). The van der Waals surface area contributed by atoms with Crippen molar-refractivity contribution in [2.24, 2.45) is 5.73 Å². The summed E-state index contributed by atoms with van der Waals surface area (Å²) in [4.78, 5) is 41.4. The standard InChI is InChI=1S/C20H21N5O3S/c1-12-13(2)29-20(17(12)18(21)27)24-19(28)14-4-3-5-15(10-14)23-16(26)6-8-25-9-7-22-11-25/h3-5,7,9-11H,6,8H2,1-2H3,(H2,21,27)(H,23,26)(H,24,28). The summed E-state index contributed by atoms with van der Waals surface area (Å²) >= 11 is 1.30. The van der Waals surface area contributed by atoms with Gasteiger partial charge in [-0.2, -0.15) is 0 Å². The zero-order chi connectivity index (χ0) is 21.0. The number of thiophene rings is 1. The summed E-state index contributed by atoms with van der Waals surface area (Å²) < 4.78 is 1.81. The van der Waals surface area contributed by atoms with Crippen LogP contribution in [0.3, 0.4) is 0 Å². The topological polar surface area (TPSA) is 119 Å². The van der Waals surface area contributed by atoms with Crippen molar-refractivity contribution in [3.63, 3.8) is 0 Å². The smallest absolute Gasteiger partial charge is 0.256 e. The molecule has 4 N–H and O–H groups in total. The Morgan fingerprint density at radius 3 is 2.69 bits per heavy atom. The molecule has 0 aliphatic rings. The molecule has 0 saturated heterocycles. The average molecular weight is 411 g/mol. The van der Waals surface area contributed by atoms with Gasteiger partial charge in [0.2, 0.25) is 5.91 Å². The fourth-order valence-electron chi connectivity index (χ4n) is 2.80. The monoisotopic (exact) mass is 411 g/mol. The molecule has 8 nitrogen and oxygen atoms in total. The van der Waals surface area contributed by atoms with Crippen LogP contribution < -0.4 is 16.4 Å². The van der Waals surface area contributed by atoms with Crippen LogP contribution in [0.5, 0.6) is 0 Å². The zero-order valence-corrected chi connectivity index (χ0v) is 16.9. The minimum atomic E-state index is -0.582. The summed E-state index contributed by atoms with van der Waals surface area (Å²) in [6.07, 6.45) is 5.36. The Balaban J connectivity index is 1.67. The molecular formula is C20H21N5O3S. The largest absolute Gasteiger partial charge is 0.365 e. The van der Waals surface area contributed by atoms with Gasteiger partial charge >= 0.3 is 0 Å². The van der Waals surface area contributed by atoms with Crippen LogP contribution in [0, 0.1) is 13.8 Å². The van der Waals surface area contributed by atoms with Crippen LogP contribution in [0.25, 0.3) is 0 Å². The van der Waals surface area contributed by atoms with Crippen molar-refractivity contribution in [2.45, 2.75) is 26.8 Å². The molecule has 0 aliphatic heterocycles.